The molecule has 0 amide bonds. The van der Waals surface area contributed by atoms with Gasteiger partial charge in [-0.1, -0.05) is 6.92 Å². The molecule has 2 heterocycles. The molecule has 1 N–H and O–H groups in total. The molecule has 0 aromatic rings. The van der Waals surface area contributed by atoms with Crippen LogP contribution in [0.25, 0.3) is 0 Å². The average molecular weight is 271 g/mol. The standard InChI is InChI=1S/C14H25NO2S/c1-10-12(6-8-18-10)15-7-4-5-11(9-15)14(2,3)13(16)17/h10-12H,4-9H2,1-3H3,(H,16,17). The summed E-state index contributed by atoms with van der Waals surface area (Å²) >= 11 is 2.06. The fourth-order valence-electron chi connectivity index (χ4n) is 3.27. The lowest BCUT2D eigenvalue weighted by Gasteiger charge is -2.42. The summed E-state index contributed by atoms with van der Waals surface area (Å²) in [4.78, 5) is 13.9. The van der Waals surface area contributed by atoms with Gasteiger partial charge in [0.2, 0.25) is 0 Å². The Morgan fingerprint density at radius 2 is 2.11 bits per heavy atom. The van der Waals surface area contributed by atoms with Crippen molar-refractivity contribution in [2.75, 3.05) is 18.8 Å². The van der Waals surface area contributed by atoms with Crippen molar-refractivity contribution < 1.29 is 9.90 Å². The molecule has 2 aliphatic heterocycles. The van der Waals surface area contributed by atoms with E-state index >= 15 is 0 Å². The van der Waals surface area contributed by atoms with E-state index in [1.807, 2.05) is 13.8 Å². The molecule has 2 fully saturated rings. The zero-order chi connectivity index (χ0) is 13.3. The Labute approximate surface area is 114 Å². The van der Waals surface area contributed by atoms with Gasteiger partial charge in [-0.15, -0.1) is 0 Å². The Morgan fingerprint density at radius 3 is 2.67 bits per heavy atom. The van der Waals surface area contributed by atoms with E-state index in [1.165, 1.54) is 12.2 Å². The normalized spacial score (nSPS) is 34.7. The summed E-state index contributed by atoms with van der Waals surface area (Å²) in [6.07, 6.45) is 3.48. The number of nitrogens with zero attached hydrogens (tertiary/aromatic N) is 1. The van der Waals surface area contributed by atoms with Crippen molar-refractivity contribution in [3.05, 3.63) is 0 Å². The van der Waals surface area contributed by atoms with Crippen molar-refractivity contribution in [3.63, 3.8) is 0 Å². The van der Waals surface area contributed by atoms with Crippen molar-refractivity contribution in [1.82, 2.24) is 4.90 Å². The number of hydrogen-bond donors (Lipinski definition) is 1. The van der Waals surface area contributed by atoms with Gasteiger partial charge in [-0.05, 0) is 51.3 Å². The smallest absolute Gasteiger partial charge is 0.309 e. The second-order valence-corrected chi connectivity index (χ2v) is 7.78. The zero-order valence-electron chi connectivity index (χ0n) is 11.7. The number of rotatable bonds is 3. The number of thioether (sulfide) groups is 1. The van der Waals surface area contributed by atoms with Crippen LogP contribution in [0.3, 0.4) is 0 Å². The van der Waals surface area contributed by atoms with E-state index < -0.39 is 11.4 Å². The van der Waals surface area contributed by atoms with Crippen LogP contribution in [0.5, 0.6) is 0 Å². The molecule has 4 heteroatoms. The predicted molar refractivity (Wildman–Crippen MR) is 76.0 cm³/mol. The predicted octanol–water partition coefficient (Wildman–Crippen LogP) is 2.70. The van der Waals surface area contributed by atoms with E-state index in [9.17, 15) is 9.90 Å². The van der Waals surface area contributed by atoms with Crippen LogP contribution >= 0.6 is 11.8 Å². The first-order valence-electron chi connectivity index (χ1n) is 7.02. The van der Waals surface area contributed by atoms with Crippen molar-refractivity contribution in [3.8, 4) is 0 Å². The Hall–Kier alpha value is -0.220. The van der Waals surface area contributed by atoms with Crippen LogP contribution in [0.1, 0.15) is 40.0 Å². The molecule has 3 nitrogen and oxygen atoms in total. The van der Waals surface area contributed by atoms with Gasteiger partial charge in [0, 0.05) is 17.8 Å². The van der Waals surface area contributed by atoms with Gasteiger partial charge in [-0.3, -0.25) is 9.69 Å². The minimum absolute atomic E-state index is 0.293. The van der Waals surface area contributed by atoms with Crippen LogP contribution in [0.2, 0.25) is 0 Å². The number of likely N-dealkylation sites (tertiary alicyclic amines) is 1. The highest BCUT2D eigenvalue weighted by Crippen LogP contribution is 2.38. The molecular formula is C14H25NO2S. The van der Waals surface area contributed by atoms with Crippen LogP contribution in [0.15, 0.2) is 0 Å². The number of carboxylic acids is 1. The van der Waals surface area contributed by atoms with Crippen molar-refractivity contribution >= 4 is 17.7 Å². The summed E-state index contributed by atoms with van der Waals surface area (Å²) in [5.41, 5.74) is -0.590. The fourth-order valence-corrected chi connectivity index (χ4v) is 4.55. The third kappa shape index (κ3) is 2.69. The molecule has 0 radical (unpaired) electrons. The minimum Gasteiger partial charge on any atom is -0.481 e. The third-order valence-electron chi connectivity index (χ3n) is 4.83. The molecule has 0 aromatic heterocycles. The van der Waals surface area contributed by atoms with Crippen LogP contribution in [0.4, 0.5) is 0 Å². The molecule has 2 aliphatic rings. The van der Waals surface area contributed by atoms with Crippen molar-refractivity contribution in [2.45, 2.75) is 51.3 Å². The van der Waals surface area contributed by atoms with Crippen LogP contribution in [-0.4, -0.2) is 46.1 Å². The van der Waals surface area contributed by atoms with E-state index in [0.717, 1.165) is 25.9 Å². The Kier molecular flexibility index (Phi) is 4.27. The molecule has 2 saturated heterocycles. The summed E-state index contributed by atoms with van der Waals surface area (Å²) in [6.45, 7) is 8.21. The molecule has 0 saturated carbocycles. The highest BCUT2D eigenvalue weighted by molar-refractivity contribution is 8.00. The Bertz CT molecular complexity index is 319. The first kappa shape index (κ1) is 14.2. The van der Waals surface area contributed by atoms with E-state index in [0.29, 0.717) is 17.2 Å². The molecule has 104 valence electrons. The summed E-state index contributed by atoms with van der Waals surface area (Å²) in [5, 5.41) is 10.1. The quantitative estimate of drug-likeness (QED) is 0.857. The minimum atomic E-state index is -0.650. The number of aliphatic carboxylic acids is 1. The highest BCUT2D eigenvalue weighted by atomic mass is 32.2. The van der Waals surface area contributed by atoms with Gasteiger partial charge in [0.15, 0.2) is 0 Å². The maximum absolute atomic E-state index is 11.4. The summed E-state index contributed by atoms with van der Waals surface area (Å²) in [5.74, 6) is 0.903. The van der Waals surface area contributed by atoms with Gasteiger partial charge >= 0.3 is 5.97 Å². The lowest BCUT2D eigenvalue weighted by atomic mass is 9.74. The van der Waals surface area contributed by atoms with Crippen LogP contribution in [-0.2, 0) is 4.79 Å². The van der Waals surface area contributed by atoms with Crippen molar-refractivity contribution in [2.24, 2.45) is 11.3 Å². The number of carboxylic acid groups (broad SMARTS) is 1. The maximum atomic E-state index is 11.4. The van der Waals surface area contributed by atoms with E-state index in [1.54, 1.807) is 0 Å². The fraction of sp³-hybridized carbons (Fsp3) is 0.929. The van der Waals surface area contributed by atoms with Gasteiger partial charge in [-0.25, -0.2) is 0 Å². The van der Waals surface area contributed by atoms with Gasteiger partial charge in [0.05, 0.1) is 5.41 Å². The lowest BCUT2D eigenvalue weighted by molar-refractivity contribution is -0.151. The molecule has 0 aromatic carbocycles. The molecule has 3 atom stereocenters. The molecule has 2 rings (SSSR count). The molecule has 0 spiro atoms. The van der Waals surface area contributed by atoms with E-state index in [-0.39, 0.29) is 0 Å². The molecule has 0 bridgehead atoms. The number of piperidine rings is 1. The topological polar surface area (TPSA) is 40.5 Å². The van der Waals surface area contributed by atoms with Gasteiger partial charge in [0.25, 0.3) is 0 Å². The second kappa shape index (κ2) is 5.41. The SMILES string of the molecule is CC1SCCC1N1CCCC(C(C)(C)C(=O)O)C1. The second-order valence-electron chi connectivity index (χ2n) is 6.29. The molecule has 18 heavy (non-hydrogen) atoms. The monoisotopic (exact) mass is 271 g/mol. The summed E-state index contributed by atoms with van der Waals surface area (Å²) < 4.78 is 0. The van der Waals surface area contributed by atoms with E-state index in [2.05, 4.69) is 23.6 Å². The average Bonchev–Trinajstić information content (AvgIpc) is 2.75. The summed E-state index contributed by atoms with van der Waals surface area (Å²) in [6, 6.07) is 0.669. The molecular weight excluding hydrogens is 246 g/mol. The van der Waals surface area contributed by atoms with Crippen LogP contribution < -0.4 is 0 Å². The zero-order valence-corrected chi connectivity index (χ0v) is 12.5. The highest BCUT2D eigenvalue weighted by Gasteiger charge is 2.41. The summed E-state index contributed by atoms with van der Waals surface area (Å²) in [7, 11) is 0. The van der Waals surface area contributed by atoms with Gasteiger partial charge in [-0.2, -0.15) is 11.8 Å². The first-order chi connectivity index (χ1) is 8.43. The number of carbonyl (C=O) groups is 1. The molecule has 0 aliphatic carbocycles. The maximum Gasteiger partial charge on any atom is 0.309 e. The Morgan fingerprint density at radius 1 is 1.39 bits per heavy atom. The van der Waals surface area contributed by atoms with Crippen LogP contribution in [0, 0.1) is 11.3 Å². The van der Waals surface area contributed by atoms with Gasteiger partial charge < -0.3 is 5.11 Å². The number of hydrogen-bond acceptors (Lipinski definition) is 3. The Balaban J connectivity index is 2.02. The van der Waals surface area contributed by atoms with Crippen molar-refractivity contribution in [1.29, 1.82) is 0 Å². The van der Waals surface area contributed by atoms with E-state index in [4.69, 9.17) is 0 Å². The third-order valence-corrected chi connectivity index (χ3v) is 6.14. The lowest BCUT2D eigenvalue weighted by Crippen LogP contribution is -2.49. The van der Waals surface area contributed by atoms with Gasteiger partial charge in [0.1, 0.15) is 0 Å². The largest absolute Gasteiger partial charge is 0.481 e. The molecule has 3 unspecified atom stereocenters. The first-order valence-corrected chi connectivity index (χ1v) is 8.07.